The molecule has 1 heterocycles. The third-order valence-corrected chi connectivity index (χ3v) is 5.24. The SMILES string of the molecule is O=C(CSc1nc(CC(=O)NC2CC2)cc(=O)[nH]1)NC1CCCCC1. The van der Waals surface area contributed by atoms with Crippen molar-refractivity contribution in [3.05, 3.63) is 22.1 Å². The summed E-state index contributed by atoms with van der Waals surface area (Å²) in [6.07, 6.45) is 7.77. The number of aromatic amines is 1. The van der Waals surface area contributed by atoms with Gasteiger partial charge in [0.05, 0.1) is 17.9 Å². The number of aromatic nitrogens is 2. The topological polar surface area (TPSA) is 104 Å². The van der Waals surface area contributed by atoms with Crippen molar-refractivity contribution in [3.63, 3.8) is 0 Å². The highest BCUT2D eigenvalue weighted by atomic mass is 32.2. The van der Waals surface area contributed by atoms with Gasteiger partial charge in [-0.25, -0.2) is 4.98 Å². The number of hydrogen-bond acceptors (Lipinski definition) is 5. The average molecular weight is 364 g/mol. The molecule has 0 aliphatic heterocycles. The smallest absolute Gasteiger partial charge is 0.251 e. The quantitative estimate of drug-likeness (QED) is 0.497. The van der Waals surface area contributed by atoms with Gasteiger partial charge >= 0.3 is 0 Å². The molecule has 3 N–H and O–H groups in total. The van der Waals surface area contributed by atoms with E-state index in [9.17, 15) is 14.4 Å². The summed E-state index contributed by atoms with van der Waals surface area (Å²) >= 11 is 1.19. The van der Waals surface area contributed by atoms with Crippen LogP contribution in [0.15, 0.2) is 16.0 Å². The highest BCUT2D eigenvalue weighted by molar-refractivity contribution is 7.99. The van der Waals surface area contributed by atoms with Gasteiger partial charge in [0.15, 0.2) is 5.16 Å². The molecule has 2 saturated carbocycles. The van der Waals surface area contributed by atoms with Crippen molar-refractivity contribution in [2.75, 3.05) is 5.75 Å². The first-order chi connectivity index (χ1) is 12.1. The summed E-state index contributed by atoms with van der Waals surface area (Å²) in [6.45, 7) is 0. The zero-order chi connectivity index (χ0) is 17.6. The number of nitrogens with zero attached hydrogens (tertiary/aromatic N) is 1. The Morgan fingerprint density at radius 1 is 1.08 bits per heavy atom. The molecule has 1 aromatic rings. The fourth-order valence-corrected chi connectivity index (χ4v) is 3.67. The lowest BCUT2D eigenvalue weighted by Crippen LogP contribution is -2.37. The van der Waals surface area contributed by atoms with Gasteiger partial charge in [0.25, 0.3) is 5.56 Å². The van der Waals surface area contributed by atoms with Crippen LogP contribution in [0, 0.1) is 0 Å². The number of nitrogens with one attached hydrogen (secondary N) is 3. The van der Waals surface area contributed by atoms with E-state index in [1.807, 2.05) is 0 Å². The maximum absolute atomic E-state index is 12.0. The second-order valence-electron chi connectivity index (χ2n) is 6.75. The predicted octanol–water partition coefficient (Wildman–Crippen LogP) is 1.13. The molecule has 0 atom stereocenters. The number of H-pyrrole nitrogens is 1. The van der Waals surface area contributed by atoms with E-state index in [4.69, 9.17) is 0 Å². The average Bonchev–Trinajstić information content (AvgIpc) is 3.37. The summed E-state index contributed by atoms with van der Waals surface area (Å²) in [4.78, 5) is 42.5. The van der Waals surface area contributed by atoms with Gasteiger partial charge in [-0.1, -0.05) is 31.0 Å². The van der Waals surface area contributed by atoms with Crippen molar-refractivity contribution in [2.45, 2.75) is 68.6 Å². The fraction of sp³-hybridized carbons (Fsp3) is 0.647. The highest BCUT2D eigenvalue weighted by Crippen LogP contribution is 2.19. The predicted molar refractivity (Wildman–Crippen MR) is 95.5 cm³/mol. The third kappa shape index (κ3) is 6.19. The molecule has 0 aromatic carbocycles. The summed E-state index contributed by atoms with van der Waals surface area (Å²) < 4.78 is 0. The second kappa shape index (κ2) is 8.51. The number of hydrogen-bond donors (Lipinski definition) is 3. The van der Waals surface area contributed by atoms with E-state index < -0.39 is 0 Å². The van der Waals surface area contributed by atoms with Crippen LogP contribution in [0.2, 0.25) is 0 Å². The zero-order valence-electron chi connectivity index (χ0n) is 14.2. The first-order valence-corrected chi connectivity index (χ1v) is 9.89. The minimum Gasteiger partial charge on any atom is -0.353 e. The minimum atomic E-state index is -0.306. The molecule has 0 saturated heterocycles. The monoisotopic (exact) mass is 364 g/mol. The Morgan fingerprint density at radius 3 is 2.48 bits per heavy atom. The normalized spacial score (nSPS) is 17.9. The van der Waals surface area contributed by atoms with E-state index in [-0.39, 0.29) is 41.6 Å². The van der Waals surface area contributed by atoms with Gasteiger partial charge in [-0.3, -0.25) is 14.4 Å². The van der Waals surface area contributed by atoms with Crippen molar-refractivity contribution in [2.24, 2.45) is 0 Å². The van der Waals surface area contributed by atoms with Crippen molar-refractivity contribution >= 4 is 23.6 Å². The first-order valence-electron chi connectivity index (χ1n) is 8.90. The van der Waals surface area contributed by atoms with E-state index >= 15 is 0 Å². The van der Waals surface area contributed by atoms with Crippen molar-refractivity contribution in [3.8, 4) is 0 Å². The van der Waals surface area contributed by atoms with Crippen LogP contribution in [0.4, 0.5) is 0 Å². The number of thioether (sulfide) groups is 1. The molecule has 2 aliphatic rings. The van der Waals surface area contributed by atoms with E-state index in [0.717, 1.165) is 38.5 Å². The molecule has 0 radical (unpaired) electrons. The van der Waals surface area contributed by atoms with Crippen LogP contribution >= 0.6 is 11.8 Å². The maximum atomic E-state index is 12.0. The first kappa shape index (κ1) is 18.0. The Labute approximate surface area is 150 Å². The Hall–Kier alpha value is -1.83. The molecule has 2 aliphatic carbocycles. The molecule has 8 heteroatoms. The van der Waals surface area contributed by atoms with Gasteiger partial charge in [0, 0.05) is 18.2 Å². The molecule has 3 rings (SSSR count). The molecule has 0 spiro atoms. The number of carbonyl (C=O) groups excluding carboxylic acids is 2. The molecule has 25 heavy (non-hydrogen) atoms. The Bertz CT molecular complexity index is 681. The number of amides is 2. The molecule has 0 bridgehead atoms. The van der Waals surface area contributed by atoms with Crippen LogP contribution < -0.4 is 16.2 Å². The molecule has 0 unspecified atom stereocenters. The van der Waals surface area contributed by atoms with E-state index in [1.165, 1.54) is 24.2 Å². The molecule has 1 aromatic heterocycles. The Balaban J connectivity index is 1.50. The Morgan fingerprint density at radius 2 is 1.76 bits per heavy atom. The van der Waals surface area contributed by atoms with Crippen LogP contribution in [0.1, 0.15) is 50.6 Å². The summed E-state index contributed by atoms with van der Waals surface area (Å²) in [7, 11) is 0. The summed E-state index contributed by atoms with van der Waals surface area (Å²) in [5, 5.41) is 6.29. The van der Waals surface area contributed by atoms with Crippen molar-refractivity contribution < 1.29 is 9.59 Å². The lowest BCUT2D eigenvalue weighted by Gasteiger charge is -2.22. The fourth-order valence-electron chi connectivity index (χ4n) is 2.96. The summed E-state index contributed by atoms with van der Waals surface area (Å²) in [5.41, 5.74) is 0.122. The number of carbonyl (C=O) groups is 2. The van der Waals surface area contributed by atoms with E-state index in [0.29, 0.717) is 10.9 Å². The maximum Gasteiger partial charge on any atom is 0.251 e. The van der Waals surface area contributed by atoms with Crippen LogP contribution in [-0.4, -0.2) is 39.6 Å². The van der Waals surface area contributed by atoms with Crippen LogP contribution in [0.5, 0.6) is 0 Å². The molecule has 2 amide bonds. The van der Waals surface area contributed by atoms with E-state index in [2.05, 4.69) is 20.6 Å². The standard InChI is InChI=1S/C17H24N4O3S/c22-14(18-12-6-7-12)8-13-9-15(23)21-17(20-13)25-10-16(24)19-11-4-2-1-3-5-11/h9,11-12H,1-8,10H2,(H,18,22)(H,19,24)(H,20,21,23). The molecule has 136 valence electrons. The molecular weight excluding hydrogens is 340 g/mol. The molecular formula is C17H24N4O3S. The van der Waals surface area contributed by atoms with Gasteiger partial charge in [-0.05, 0) is 25.7 Å². The minimum absolute atomic E-state index is 0.0450. The third-order valence-electron chi connectivity index (χ3n) is 4.37. The van der Waals surface area contributed by atoms with Gasteiger partial charge in [0.1, 0.15) is 0 Å². The summed E-state index contributed by atoms with van der Waals surface area (Å²) in [6, 6.07) is 1.89. The van der Waals surface area contributed by atoms with Crippen molar-refractivity contribution in [1.29, 1.82) is 0 Å². The van der Waals surface area contributed by atoms with Crippen molar-refractivity contribution in [1.82, 2.24) is 20.6 Å². The van der Waals surface area contributed by atoms with Crippen LogP contribution in [0.3, 0.4) is 0 Å². The van der Waals surface area contributed by atoms with Gasteiger partial charge in [-0.2, -0.15) is 0 Å². The van der Waals surface area contributed by atoms with Gasteiger partial charge in [-0.15, -0.1) is 0 Å². The lowest BCUT2D eigenvalue weighted by molar-refractivity contribution is -0.121. The molecule has 2 fully saturated rings. The zero-order valence-corrected chi connectivity index (χ0v) is 15.0. The second-order valence-corrected chi connectivity index (χ2v) is 7.72. The highest BCUT2D eigenvalue weighted by Gasteiger charge is 2.23. The van der Waals surface area contributed by atoms with Gasteiger partial charge in [0.2, 0.25) is 11.8 Å². The van der Waals surface area contributed by atoms with E-state index in [1.54, 1.807) is 0 Å². The summed E-state index contributed by atoms with van der Waals surface area (Å²) in [5.74, 6) is 0.0416. The number of rotatable bonds is 7. The van der Waals surface area contributed by atoms with Crippen LogP contribution in [-0.2, 0) is 16.0 Å². The largest absolute Gasteiger partial charge is 0.353 e. The van der Waals surface area contributed by atoms with Gasteiger partial charge < -0.3 is 15.6 Å². The van der Waals surface area contributed by atoms with Crippen LogP contribution in [0.25, 0.3) is 0 Å². The molecule has 7 nitrogen and oxygen atoms in total. The lowest BCUT2D eigenvalue weighted by atomic mass is 9.95. The Kier molecular flexibility index (Phi) is 6.12.